The zero-order valence-corrected chi connectivity index (χ0v) is 25.9. The first-order valence-electron chi connectivity index (χ1n) is 15.4. The topological polar surface area (TPSA) is 70.1 Å². The van der Waals surface area contributed by atoms with E-state index in [9.17, 15) is 19.1 Å². The molecule has 3 aliphatic heterocycles. The number of hydrogen-bond donors (Lipinski definition) is 1. The molecule has 0 atom stereocenters. The maximum Gasteiger partial charge on any atom is 0.340 e. The third-order valence-corrected chi connectivity index (χ3v) is 15.2. The molecule has 0 aliphatic carbocycles. The average molecular weight is 587 g/mol. The lowest BCUT2D eigenvalue weighted by atomic mass is 9.78. The maximum absolute atomic E-state index is 14.9. The first kappa shape index (κ1) is 28.5. The van der Waals surface area contributed by atoms with E-state index in [-0.39, 0.29) is 5.56 Å². The second kappa shape index (κ2) is 10.6. The van der Waals surface area contributed by atoms with Crippen molar-refractivity contribution in [1.82, 2.24) is 0 Å². The minimum atomic E-state index is -2.33. The summed E-state index contributed by atoms with van der Waals surface area (Å²) >= 11 is 0. The molecule has 0 aromatic heterocycles. The Labute approximate surface area is 248 Å². The third kappa shape index (κ3) is 3.94. The monoisotopic (exact) mass is 586 g/mol. The van der Waals surface area contributed by atoms with Crippen LogP contribution in [0.5, 0.6) is 0 Å². The van der Waals surface area contributed by atoms with E-state index in [0.717, 1.165) is 79.7 Å². The minimum absolute atomic E-state index is 0.0938. The Kier molecular flexibility index (Phi) is 7.16. The lowest BCUT2D eigenvalue weighted by Gasteiger charge is -2.48. The number of anilines is 2. The SMILES string of the molecule is CCN(CC)c1ccc2c(c1)[Si]1(CCCCC1)c1cc(N(CC)CC)ccc1C21OC(=O)c2cc(F)c(C(=O)O)cc21. The van der Waals surface area contributed by atoms with E-state index >= 15 is 0 Å². The van der Waals surface area contributed by atoms with Crippen molar-refractivity contribution in [3.05, 3.63) is 82.2 Å². The van der Waals surface area contributed by atoms with Crippen LogP contribution in [0.4, 0.5) is 15.8 Å². The Morgan fingerprint density at radius 3 is 1.83 bits per heavy atom. The van der Waals surface area contributed by atoms with Gasteiger partial charge >= 0.3 is 11.9 Å². The normalized spacial score (nSPS) is 17.4. The van der Waals surface area contributed by atoms with Crippen molar-refractivity contribution in [2.75, 3.05) is 36.0 Å². The van der Waals surface area contributed by atoms with Crippen molar-refractivity contribution >= 4 is 41.8 Å². The number of rotatable bonds is 7. The van der Waals surface area contributed by atoms with Crippen LogP contribution in [0.25, 0.3) is 0 Å². The molecule has 0 saturated carbocycles. The van der Waals surface area contributed by atoms with Gasteiger partial charge < -0.3 is 19.6 Å². The highest BCUT2D eigenvalue weighted by atomic mass is 28.3. The standard InChI is InChI=1S/C34H39FN2O4Si/c1-5-36(6-2)22-12-14-26-30(18-22)42(16-10-9-11-17-42)31-19-23(37(7-3)8-4)13-15-27(31)34(26)28-20-25(32(38)39)29(35)21-24(28)33(40)41-34/h12-15,18-21H,5-11,16-17H2,1-4H3,(H,38,39). The van der Waals surface area contributed by atoms with Crippen molar-refractivity contribution < 1.29 is 23.8 Å². The number of nitrogens with zero attached hydrogens (tertiary/aromatic N) is 2. The minimum Gasteiger partial charge on any atom is -0.478 e. The summed E-state index contributed by atoms with van der Waals surface area (Å²) in [5, 5.41) is 12.4. The van der Waals surface area contributed by atoms with Gasteiger partial charge in [-0.3, -0.25) is 0 Å². The van der Waals surface area contributed by atoms with Crippen LogP contribution in [0.3, 0.4) is 0 Å². The molecule has 1 N–H and O–H groups in total. The lowest BCUT2D eigenvalue weighted by Crippen LogP contribution is -2.67. The van der Waals surface area contributed by atoms with Crippen molar-refractivity contribution in [2.45, 2.75) is 64.6 Å². The fourth-order valence-electron chi connectivity index (χ4n) is 7.87. The van der Waals surface area contributed by atoms with E-state index < -0.39 is 37.0 Å². The van der Waals surface area contributed by atoms with Crippen LogP contribution < -0.4 is 20.2 Å². The molecule has 3 aliphatic rings. The van der Waals surface area contributed by atoms with Gasteiger partial charge in [-0.25, -0.2) is 14.0 Å². The summed E-state index contributed by atoms with van der Waals surface area (Å²) in [6, 6.07) is 17.7. The highest BCUT2D eigenvalue weighted by Crippen LogP contribution is 2.51. The van der Waals surface area contributed by atoms with Gasteiger partial charge in [0.05, 0.1) is 11.1 Å². The van der Waals surface area contributed by atoms with E-state index in [1.54, 1.807) is 0 Å². The van der Waals surface area contributed by atoms with Crippen molar-refractivity contribution in [3.8, 4) is 0 Å². The summed E-state index contributed by atoms with van der Waals surface area (Å²) in [5.41, 5.74) is 2.82. The summed E-state index contributed by atoms with van der Waals surface area (Å²) in [4.78, 5) is 30.3. The second-order valence-electron chi connectivity index (χ2n) is 11.7. The van der Waals surface area contributed by atoms with Gasteiger partial charge in [-0.2, -0.15) is 0 Å². The highest BCUT2D eigenvalue weighted by molar-refractivity contribution is 7.03. The highest BCUT2D eigenvalue weighted by Gasteiger charge is 2.58. The summed E-state index contributed by atoms with van der Waals surface area (Å²) < 4.78 is 21.4. The Hall–Kier alpha value is -3.65. The zero-order valence-electron chi connectivity index (χ0n) is 24.9. The summed E-state index contributed by atoms with van der Waals surface area (Å²) in [7, 11) is -2.33. The fraction of sp³-hybridized carbons (Fsp3) is 0.412. The molecule has 6 rings (SSSR count). The Bertz CT molecular complexity index is 1510. The van der Waals surface area contributed by atoms with Crippen molar-refractivity contribution in [2.24, 2.45) is 0 Å². The van der Waals surface area contributed by atoms with Gasteiger partial charge in [-0.1, -0.05) is 31.4 Å². The molecule has 2 spiro atoms. The zero-order chi connectivity index (χ0) is 29.8. The van der Waals surface area contributed by atoms with E-state index in [4.69, 9.17) is 4.74 Å². The van der Waals surface area contributed by atoms with Crippen LogP contribution >= 0.6 is 0 Å². The van der Waals surface area contributed by atoms with Crippen LogP contribution in [0, 0.1) is 5.82 Å². The number of ether oxygens (including phenoxy) is 1. The molecule has 220 valence electrons. The lowest BCUT2D eigenvalue weighted by molar-refractivity contribution is 0.0255. The molecule has 6 nitrogen and oxygen atoms in total. The first-order chi connectivity index (χ1) is 20.2. The van der Waals surface area contributed by atoms with E-state index in [2.05, 4.69) is 73.9 Å². The van der Waals surface area contributed by atoms with E-state index in [1.807, 2.05) is 0 Å². The summed E-state index contributed by atoms with van der Waals surface area (Å²) in [6.07, 6.45) is 3.50. The largest absolute Gasteiger partial charge is 0.478 e. The Morgan fingerprint density at radius 2 is 1.36 bits per heavy atom. The molecule has 0 unspecified atom stereocenters. The van der Waals surface area contributed by atoms with Gasteiger partial charge in [0.15, 0.2) is 5.60 Å². The Morgan fingerprint density at radius 1 is 0.833 bits per heavy atom. The second-order valence-corrected chi connectivity index (χ2v) is 15.9. The van der Waals surface area contributed by atoms with Crippen LogP contribution in [0.15, 0.2) is 48.5 Å². The van der Waals surface area contributed by atoms with Gasteiger partial charge in [-0.05, 0) is 86.6 Å². The average Bonchev–Trinajstić information content (AvgIpc) is 3.28. The number of halogens is 1. The number of fused-ring (bicyclic) bond motifs is 8. The molecular formula is C34H39FN2O4Si. The molecule has 3 aromatic rings. The molecule has 42 heavy (non-hydrogen) atoms. The van der Waals surface area contributed by atoms with Crippen LogP contribution in [0.2, 0.25) is 12.1 Å². The molecule has 1 saturated heterocycles. The predicted octanol–water partition coefficient (Wildman–Crippen LogP) is 5.74. The number of benzene rings is 3. The molecule has 0 radical (unpaired) electrons. The van der Waals surface area contributed by atoms with Gasteiger partial charge in [0, 0.05) is 54.2 Å². The number of carboxylic acid groups (broad SMARTS) is 1. The number of aromatic carboxylic acids is 1. The van der Waals surface area contributed by atoms with E-state index in [1.165, 1.54) is 22.9 Å². The quantitative estimate of drug-likeness (QED) is 0.281. The third-order valence-electron chi connectivity index (χ3n) is 9.94. The van der Waals surface area contributed by atoms with Gasteiger partial charge in [0.2, 0.25) is 0 Å². The molecule has 3 aromatic carbocycles. The van der Waals surface area contributed by atoms with Crippen LogP contribution in [-0.4, -0.2) is 51.3 Å². The molecule has 1 fully saturated rings. The molecule has 0 amide bonds. The van der Waals surface area contributed by atoms with Gasteiger partial charge in [0.1, 0.15) is 13.9 Å². The Balaban J connectivity index is 1.74. The van der Waals surface area contributed by atoms with Crippen LogP contribution in [-0.2, 0) is 10.3 Å². The van der Waals surface area contributed by atoms with Gasteiger partial charge in [-0.15, -0.1) is 0 Å². The first-order valence-corrected chi connectivity index (χ1v) is 17.8. The maximum atomic E-state index is 14.9. The van der Waals surface area contributed by atoms with Crippen molar-refractivity contribution in [1.29, 1.82) is 0 Å². The fourth-order valence-corrected chi connectivity index (χ4v) is 13.6. The molecule has 8 heteroatoms. The molecule has 0 bridgehead atoms. The van der Waals surface area contributed by atoms with E-state index in [0.29, 0.717) is 5.56 Å². The van der Waals surface area contributed by atoms with Crippen LogP contribution in [0.1, 0.15) is 84.4 Å². The number of esters is 1. The molecular weight excluding hydrogens is 547 g/mol. The number of carbonyl (C=O) groups excluding carboxylic acids is 1. The number of carbonyl (C=O) groups is 2. The number of carboxylic acids is 1. The number of hydrogen-bond acceptors (Lipinski definition) is 5. The molecule has 3 heterocycles. The van der Waals surface area contributed by atoms with Crippen molar-refractivity contribution in [3.63, 3.8) is 0 Å². The summed E-state index contributed by atoms with van der Waals surface area (Å²) in [6.45, 7) is 12.1. The summed E-state index contributed by atoms with van der Waals surface area (Å²) in [5.74, 6) is -2.93. The smallest absolute Gasteiger partial charge is 0.340 e. The van der Waals surface area contributed by atoms with Gasteiger partial charge in [0.25, 0.3) is 0 Å². The predicted molar refractivity (Wildman–Crippen MR) is 167 cm³/mol.